The third kappa shape index (κ3) is 3.00. The molecule has 0 aromatic carbocycles. The van der Waals surface area contributed by atoms with Crippen LogP contribution in [0.15, 0.2) is 0 Å². The fourth-order valence-electron chi connectivity index (χ4n) is 2.29. The molecule has 2 unspecified atom stereocenters. The topological polar surface area (TPSA) is 26.3 Å². The van der Waals surface area contributed by atoms with E-state index in [1.54, 1.807) is 0 Å². The van der Waals surface area contributed by atoms with Gasteiger partial charge >= 0.3 is 5.97 Å². The average molecular weight is 198 g/mol. The van der Waals surface area contributed by atoms with Crippen LogP contribution in [0.2, 0.25) is 0 Å². The molecule has 1 fully saturated rings. The zero-order valence-electron chi connectivity index (χ0n) is 9.58. The van der Waals surface area contributed by atoms with Crippen LogP contribution in [0.5, 0.6) is 0 Å². The van der Waals surface area contributed by atoms with Gasteiger partial charge in [-0.3, -0.25) is 4.79 Å². The lowest BCUT2D eigenvalue weighted by Crippen LogP contribution is -2.33. The Hall–Kier alpha value is -0.530. The van der Waals surface area contributed by atoms with Crippen LogP contribution in [-0.4, -0.2) is 12.1 Å². The molecule has 1 aliphatic carbocycles. The molecule has 0 aliphatic heterocycles. The molecule has 2 heteroatoms. The molecule has 1 aliphatic rings. The van der Waals surface area contributed by atoms with Gasteiger partial charge in [0.2, 0.25) is 0 Å². The molecule has 0 aromatic heterocycles. The summed E-state index contributed by atoms with van der Waals surface area (Å²) < 4.78 is 5.48. The zero-order chi connectivity index (χ0) is 10.6. The Morgan fingerprint density at radius 3 is 2.57 bits per heavy atom. The van der Waals surface area contributed by atoms with Gasteiger partial charge in [0.05, 0.1) is 0 Å². The minimum atomic E-state index is -0.0393. The second-order valence-electron chi connectivity index (χ2n) is 4.57. The van der Waals surface area contributed by atoms with Crippen LogP contribution in [-0.2, 0) is 9.53 Å². The third-order valence-corrected chi connectivity index (χ3v) is 3.18. The maximum atomic E-state index is 11.2. The highest BCUT2D eigenvalue weighted by molar-refractivity contribution is 5.69. The molecule has 82 valence electrons. The molecule has 2 atom stereocenters. The van der Waals surface area contributed by atoms with E-state index in [0.717, 1.165) is 6.42 Å². The van der Waals surface area contributed by atoms with Crippen molar-refractivity contribution in [3.63, 3.8) is 0 Å². The number of esters is 1. The van der Waals surface area contributed by atoms with E-state index in [1.165, 1.54) is 19.3 Å². The Balaban J connectivity index is 2.49. The Morgan fingerprint density at radius 2 is 2.00 bits per heavy atom. The summed E-state index contributed by atoms with van der Waals surface area (Å²) in [5, 5.41) is 0. The van der Waals surface area contributed by atoms with Gasteiger partial charge in [-0.2, -0.15) is 0 Å². The monoisotopic (exact) mass is 198 g/mol. The number of carbonyl (C=O) groups is 1. The van der Waals surface area contributed by atoms with Crippen LogP contribution in [0.3, 0.4) is 0 Å². The van der Waals surface area contributed by atoms with Gasteiger partial charge in [-0.05, 0) is 31.1 Å². The van der Waals surface area contributed by atoms with Gasteiger partial charge in [-0.25, -0.2) is 0 Å². The average Bonchev–Trinajstić information content (AvgIpc) is 2.18. The predicted octanol–water partition coefficient (Wildman–Crippen LogP) is 3.15. The maximum absolute atomic E-state index is 11.2. The van der Waals surface area contributed by atoms with E-state index in [0.29, 0.717) is 18.3 Å². The molecule has 0 bridgehead atoms. The van der Waals surface area contributed by atoms with E-state index < -0.39 is 0 Å². The summed E-state index contributed by atoms with van der Waals surface area (Å²) >= 11 is 0. The van der Waals surface area contributed by atoms with E-state index in [9.17, 15) is 4.79 Å². The summed E-state index contributed by atoms with van der Waals surface area (Å²) in [6.07, 6.45) is 5.49. The lowest BCUT2D eigenvalue weighted by Gasteiger charge is -2.33. The highest BCUT2D eigenvalue weighted by atomic mass is 16.5. The van der Waals surface area contributed by atoms with Crippen LogP contribution in [0, 0.1) is 11.8 Å². The Kier molecular flexibility index (Phi) is 4.43. The molecule has 0 aromatic rings. The Labute approximate surface area is 87.0 Å². The Bertz CT molecular complexity index is 187. The summed E-state index contributed by atoms with van der Waals surface area (Å²) in [4.78, 5) is 11.2. The van der Waals surface area contributed by atoms with Crippen LogP contribution in [0.1, 0.15) is 52.9 Å². The van der Waals surface area contributed by atoms with E-state index in [4.69, 9.17) is 4.74 Å². The van der Waals surface area contributed by atoms with Crippen LogP contribution < -0.4 is 0 Å². The number of carbonyl (C=O) groups excluding carboxylic acids is 1. The van der Waals surface area contributed by atoms with E-state index in [1.807, 2.05) is 6.92 Å². The first-order chi connectivity index (χ1) is 6.65. The van der Waals surface area contributed by atoms with Gasteiger partial charge < -0.3 is 4.74 Å². The van der Waals surface area contributed by atoms with Gasteiger partial charge in [0.15, 0.2) is 0 Å². The molecule has 1 rings (SSSR count). The van der Waals surface area contributed by atoms with Crippen molar-refractivity contribution in [3.8, 4) is 0 Å². The highest BCUT2D eigenvalue weighted by Crippen LogP contribution is 2.32. The van der Waals surface area contributed by atoms with Gasteiger partial charge in [-0.1, -0.05) is 27.2 Å². The first-order valence-electron chi connectivity index (χ1n) is 5.84. The molecule has 2 nitrogen and oxygen atoms in total. The Morgan fingerprint density at radius 1 is 1.36 bits per heavy atom. The zero-order valence-corrected chi connectivity index (χ0v) is 9.58. The van der Waals surface area contributed by atoms with E-state index in [-0.39, 0.29) is 12.1 Å². The maximum Gasteiger partial charge on any atom is 0.305 e. The standard InChI is InChI=1S/C12H22O2/c1-4-12(13)14-11-8-6-5-7-10(11)9(2)3/h9-11H,4-8H2,1-3H3. The molecular weight excluding hydrogens is 176 g/mol. The van der Waals surface area contributed by atoms with E-state index in [2.05, 4.69) is 13.8 Å². The molecule has 0 heterocycles. The van der Waals surface area contributed by atoms with Crippen molar-refractivity contribution in [1.29, 1.82) is 0 Å². The van der Waals surface area contributed by atoms with Crippen molar-refractivity contribution >= 4 is 5.97 Å². The highest BCUT2D eigenvalue weighted by Gasteiger charge is 2.29. The minimum Gasteiger partial charge on any atom is -0.462 e. The summed E-state index contributed by atoms with van der Waals surface area (Å²) in [5.41, 5.74) is 0. The van der Waals surface area contributed by atoms with Crippen molar-refractivity contribution in [2.45, 2.75) is 59.0 Å². The van der Waals surface area contributed by atoms with Gasteiger partial charge in [-0.15, -0.1) is 0 Å². The quantitative estimate of drug-likeness (QED) is 0.651. The predicted molar refractivity (Wildman–Crippen MR) is 57.0 cm³/mol. The lowest BCUT2D eigenvalue weighted by molar-refractivity contribution is -0.154. The summed E-state index contributed by atoms with van der Waals surface area (Å²) in [7, 11) is 0. The second kappa shape index (κ2) is 5.38. The SMILES string of the molecule is CCC(=O)OC1CCCCC1C(C)C. The molecule has 0 spiro atoms. The van der Waals surface area contributed by atoms with Crippen molar-refractivity contribution in [2.75, 3.05) is 0 Å². The fraction of sp³-hybridized carbons (Fsp3) is 0.917. The van der Waals surface area contributed by atoms with Crippen LogP contribution >= 0.6 is 0 Å². The number of hydrogen-bond acceptors (Lipinski definition) is 2. The summed E-state index contributed by atoms with van der Waals surface area (Å²) in [6.45, 7) is 6.31. The number of rotatable bonds is 3. The smallest absolute Gasteiger partial charge is 0.305 e. The summed E-state index contributed by atoms with van der Waals surface area (Å²) in [6, 6.07) is 0. The normalized spacial score (nSPS) is 27.7. The van der Waals surface area contributed by atoms with Gasteiger partial charge in [0, 0.05) is 6.42 Å². The van der Waals surface area contributed by atoms with Crippen molar-refractivity contribution in [3.05, 3.63) is 0 Å². The molecule has 0 saturated heterocycles. The second-order valence-corrected chi connectivity index (χ2v) is 4.57. The van der Waals surface area contributed by atoms with Gasteiger partial charge in [0.25, 0.3) is 0 Å². The molecular formula is C12H22O2. The largest absolute Gasteiger partial charge is 0.462 e. The third-order valence-electron chi connectivity index (χ3n) is 3.18. The minimum absolute atomic E-state index is 0.0393. The van der Waals surface area contributed by atoms with Crippen molar-refractivity contribution < 1.29 is 9.53 Å². The summed E-state index contributed by atoms with van der Waals surface area (Å²) in [5.74, 6) is 1.17. The fourth-order valence-corrected chi connectivity index (χ4v) is 2.29. The molecule has 1 saturated carbocycles. The molecule has 0 N–H and O–H groups in total. The first kappa shape index (κ1) is 11.5. The number of hydrogen-bond donors (Lipinski definition) is 0. The lowest BCUT2D eigenvalue weighted by atomic mass is 9.79. The van der Waals surface area contributed by atoms with Crippen molar-refractivity contribution in [2.24, 2.45) is 11.8 Å². The van der Waals surface area contributed by atoms with Crippen LogP contribution in [0.4, 0.5) is 0 Å². The van der Waals surface area contributed by atoms with Crippen molar-refractivity contribution in [1.82, 2.24) is 0 Å². The van der Waals surface area contributed by atoms with E-state index >= 15 is 0 Å². The molecule has 0 amide bonds. The molecule has 0 radical (unpaired) electrons. The number of ether oxygens (including phenoxy) is 1. The first-order valence-corrected chi connectivity index (χ1v) is 5.84. The van der Waals surface area contributed by atoms with Crippen LogP contribution in [0.25, 0.3) is 0 Å². The van der Waals surface area contributed by atoms with Gasteiger partial charge in [0.1, 0.15) is 6.10 Å². The molecule has 14 heavy (non-hydrogen) atoms.